The highest BCUT2D eigenvalue weighted by atomic mass is 32.1. The predicted molar refractivity (Wildman–Crippen MR) is 158 cm³/mol. The summed E-state index contributed by atoms with van der Waals surface area (Å²) in [6, 6.07) is 4.73. The molecule has 4 heterocycles. The first-order valence-electron chi connectivity index (χ1n) is 12.8. The Kier molecular flexibility index (Phi) is 9.04. The van der Waals surface area contributed by atoms with Crippen molar-refractivity contribution in [3.63, 3.8) is 0 Å². The van der Waals surface area contributed by atoms with Crippen molar-refractivity contribution in [3.8, 4) is 0 Å². The Hall–Kier alpha value is -4.69. The molecule has 0 aliphatic carbocycles. The van der Waals surface area contributed by atoms with E-state index in [0.717, 1.165) is 13.0 Å². The van der Waals surface area contributed by atoms with E-state index < -0.39 is 11.8 Å². The molecule has 13 nitrogen and oxygen atoms in total. The fourth-order valence-corrected chi connectivity index (χ4v) is 4.71. The van der Waals surface area contributed by atoms with Crippen LogP contribution in [0.1, 0.15) is 48.4 Å². The zero-order valence-electron chi connectivity index (χ0n) is 23.5. The first-order chi connectivity index (χ1) is 19.5. The van der Waals surface area contributed by atoms with E-state index in [4.69, 9.17) is 0 Å². The van der Waals surface area contributed by atoms with Crippen molar-refractivity contribution in [1.29, 1.82) is 0 Å². The summed E-state index contributed by atoms with van der Waals surface area (Å²) in [5.41, 5.74) is 4.25. The number of hydrogen-bond donors (Lipinski definition) is 4. The molecule has 41 heavy (non-hydrogen) atoms. The third-order valence-electron chi connectivity index (χ3n) is 6.22. The van der Waals surface area contributed by atoms with E-state index in [0.29, 0.717) is 46.4 Å². The smallest absolute Gasteiger partial charge is 0.275 e. The highest BCUT2D eigenvalue weighted by molar-refractivity contribution is 7.07. The van der Waals surface area contributed by atoms with E-state index >= 15 is 0 Å². The van der Waals surface area contributed by atoms with Crippen LogP contribution < -0.4 is 21.3 Å². The van der Waals surface area contributed by atoms with Gasteiger partial charge in [-0.3, -0.25) is 19.2 Å². The van der Waals surface area contributed by atoms with E-state index in [-0.39, 0.29) is 11.8 Å². The minimum absolute atomic E-state index is 0.220. The molecule has 0 bridgehead atoms. The second-order valence-electron chi connectivity index (χ2n) is 9.82. The predicted octanol–water partition coefficient (Wildman–Crippen LogP) is 2.60. The zero-order chi connectivity index (χ0) is 29.7. The third kappa shape index (κ3) is 7.29. The second kappa shape index (κ2) is 12.7. The minimum atomic E-state index is -0.413. The van der Waals surface area contributed by atoms with Crippen molar-refractivity contribution >= 4 is 52.0 Å². The van der Waals surface area contributed by atoms with Gasteiger partial charge < -0.3 is 39.9 Å². The molecule has 0 saturated heterocycles. The molecular weight excluding hydrogens is 546 g/mol. The first kappa shape index (κ1) is 29.3. The summed E-state index contributed by atoms with van der Waals surface area (Å²) in [5, 5.41) is 12.8. The van der Waals surface area contributed by atoms with Crippen LogP contribution in [0.3, 0.4) is 0 Å². The number of carbonyl (C=O) groups is 4. The minimum Gasteiger partial charge on any atom is -0.351 e. The number of aryl methyl sites for hydroxylation is 3. The average molecular weight is 580 g/mol. The maximum absolute atomic E-state index is 13.0. The van der Waals surface area contributed by atoms with Gasteiger partial charge in [0.05, 0.1) is 22.6 Å². The summed E-state index contributed by atoms with van der Waals surface area (Å²) < 4.78 is 4.84. The van der Waals surface area contributed by atoms with Crippen LogP contribution in [0.15, 0.2) is 47.7 Å². The Morgan fingerprint density at radius 3 is 1.66 bits per heavy atom. The van der Waals surface area contributed by atoms with E-state index in [1.165, 1.54) is 11.3 Å². The molecule has 4 amide bonds. The van der Waals surface area contributed by atoms with Crippen LogP contribution in [0.2, 0.25) is 0 Å². The number of anilines is 3. The lowest BCUT2D eigenvalue weighted by atomic mass is 10.3. The number of thiazole rings is 1. The number of rotatable bonds is 11. The van der Waals surface area contributed by atoms with Gasteiger partial charge in [0.1, 0.15) is 22.8 Å². The van der Waals surface area contributed by atoms with Gasteiger partial charge in [-0.1, -0.05) is 0 Å². The zero-order valence-corrected chi connectivity index (χ0v) is 24.3. The number of amides is 4. The van der Waals surface area contributed by atoms with E-state index in [1.807, 2.05) is 19.0 Å². The fraction of sp³-hybridized carbons (Fsp3) is 0.296. The normalized spacial score (nSPS) is 11.0. The Balaban J connectivity index is 1.37. The van der Waals surface area contributed by atoms with Crippen LogP contribution in [-0.4, -0.2) is 74.4 Å². The third-order valence-corrected chi connectivity index (χ3v) is 6.81. The van der Waals surface area contributed by atoms with E-state index in [2.05, 4.69) is 26.3 Å². The molecule has 14 heteroatoms. The van der Waals surface area contributed by atoms with Gasteiger partial charge >= 0.3 is 0 Å². The Labute approximate surface area is 241 Å². The summed E-state index contributed by atoms with van der Waals surface area (Å²) in [7, 11) is 9.07. The van der Waals surface area contributed by atoms with Crippen molar-refractivity contribution in [3.05, 3.63) is 70.5 Å². The monoisotopic (exact) mass is 579 g/mol. The van der Waals surface area contributed by atoms with Crippen LogP contribution in [-0.2, 0) is 21.1 Å². The van der Waals surface area contributed by atoms with Crippen LogP contribution >= 0.6 is 11.3 Å². The average Bonchev–Trinajstić information content (AvgIpc) is 3.69. The van der Waals surface area contributed by atoms with Crippen molar-refractivity contribution in [2.75, 3.05) is 43.1 Å². The molecule has 0 aliphatic heterocycles. The molecule has 0 aromatic carbocycles. The lowest BCUT2D eigenvalue weighted by Crippen LogP contribution is -2.28. The topological polar surface area (TPSA) is 147 Å². The summed E-state index contributed by atoms with van der Waals surface area (Å²) in [6.45, 7) is 1.42. The molecule has 0 unspecified atom stereocenters. The maximum Gasteiger partial charge on any atom is 0.275 e. The Morgan fingerprint density at radius 2 is 1.22 bits per heavy atom. The first-order valence-corrected chi connectivity index (χ1v) is 13.7. The molecule has 216 valence electrons. The van der Waals surface area contributed by atoms with Gasteiger partial charge in [0.15, 0.2) is 0 Å². The largest absolute Gasteiger partial charge is 0.351 e. The number of aromatic nitrogens is 4. The van der Waals surface area contributed by atoms with E-state index in [9.17, 15) is 19.2 Å². The maximum atomic E-state index is 13.0. The molecule has 0 saturated carbocycles. The lowest BCUT2D eigenvalue weighted by Gasteiger charge is -2.10. The fourth-order valence-electron chi connectivity index (χ4n) is 4.17. The van der Waals surface area contributed by atoms with Crippen LogP contribution in [0, 0.1) is 0 Å². The Bertz CT molecular complexity index is 1560. The molecule has 0 fully saturated rings. The SMILES string of the molecule is CN(C)CCCNC(=O)c1cc(NC(=O)c2cc(NC(=O)c3cc(NC(=O)c4cscn4)cn3C)cn2C)cn1C. The van der Waals surface area contributed by atoms with Gasteiger partial charge in [0.2, 0.25) is 0 Å². The summed E-state index contributed by atoms with van der Waals surface area (Å²) in [6.07, 6.45) is 5.74. The summed E-state index contributed by atoms with van der Waals surface area (Å²) in [5.74, 6) is -1.40. The lowest BCUT2D eigenvalue weighted by molar-refractivity contribution is 0.0942. The second-order valence-corrected chi connectivity index (χ2v) is 10.5. The Morgan fingerprint density at radius 1 is 0.756 bits per heavy atom. The highest BCUT2D eigenvalue weighted by Crippen LogP contribution is 2.20. The standard InChI is InChI=1S/C27H33N9O4S/c1-33(2)8-6-7-28-25(38)21-9-18(13-34(21)3)31-27(40)23-11-19(14-36(23)5)32-26(39)22-10-17(12-35(22)4)30-24(37)20-15-41-16-29-20/h9-16H,6-8H2,1-5H3,(H,28,38)(H,30,37)(H,31,40)(H,32,39). The molecule has 0 spiro atoms. The molecular formula is C27H33N9O4S. The van der Waals surface area contributed by atoms with Crippen molar-refractivity contribution < 1.29 is 19.2 Å². The molecule has 0 atom stereocenters. The van der Waals surface area contributed by atoms with Crippen molar-refractivity contribution in [2.45, 2.75) is 6.42 Å². The van der Waals surface area contributed by atoms with Gasteiger partial charge in [0.25, 0.3) is 23.6 Å². The van der Waals surface area contributed by atoms with E-state index in [1.54, 1.807) is 82.5 Å². The number of nitrogens with one attached hydrogen (secondary N) is 4. The molecule has 4 rings (SSSR count). The van der Waals surface area contributed by atoms with Gasteiger partial charge in [0, 0.05) is 51.7 Å². The van der Waals surface area contributed by atoms with Gasteiger partial charge in [-0.05, 0) is 45.3 Å². The molecule has 4 N–H and O–H groups in total. The van der Waals surface area contributed by atoms with Crippen LogP contribution in [0.5, 0.6) is 0 Å². The molecule has 4 aromatic heterocycles. The van der Waals surface area contributed by atoms with Gasteiger partial charge in [-0.25, -0.2) is 4.98 Å². The molecule has 0 radical (unpaired) electrons. The highest BCUT2D eigenvalue weighted by Gasteiger charge is 2.19. The summed E-state index contributed by atoms with van der Waals surface area (Å²) in [4.78, 5) is 56.9. The summed E-state index contributed by atoms with van der Waals surface area (Å²) >= 11 is 1.31. The number of hydrogen-bond acceptors (Lipinski definition) is 7. The number of nitrogens with zero attached hydrogens (tertiary/aromatic N) is 5. The quantitative estimate of drug-likeness (QED) is 0.201. The van der Waals surface area contributed by atoms with Crippen molar-refractivity contribution in [1.82, 2.24) is 28.9 Å². The van der Waals surface area contributed by atoms with Crippen molar-refractivity contribution in [2.24, 2.45) is 21.1 Å². The van der Waals surface area contributed by atoms with Gasteiger partial charge in [-0.15, -0.1) is 11.3 Å². The molecule has 4 aromatic rings. The van der Waals surface area contributed by atoms with Crippen LogP contribution in [0.4, 0.5) is 17.1 Å². The number of carbonyl (C=O) groups excluding carboxylic acids is 4. The van der Waals surface area contributed by atoms with Gasteiger partial charge in [-0.2, -0.15) is 0 Å². The van der Waals surface area contributed by atoms with Crippen LogP contribution in [0.25, 0.3) is 0 Å². The molecule has 0 aliphatic rings.